The van der Waals surface area contributed by atoms with Crippen molar-refractivity contribution >= 4 is 6.29 Å². The minimum atomic E-state index is -0.151. The number of aldehydes is 1. The van der Waals surface area contributed by atoms with Gasteiger partial charge in [0.1, 0.15) is 12.1 Å². The molecule has 86 valence electrons. The molecule has 0 spiro atoms. The van der Waals surface area contributed by atoms with E-state index in [1.54, 1.807) is 6.07 Å². The van der Waals surface area contributed by atoms with E-state index < -0.39 is 0 Å². The van der Waals surface area contributed by atoms with E-state index in [-0.39, 0.29) is 5.82 Å². The molecule has 1 aromatic rings. The van der Waals surface area contributed by atoms with E-state index in [2.05, 4.69) is 6.92 Å². The zero-order chi connectivity index (χ0) is 11.5. The smallest absolute Gasteiger partial charge is 0.123 e. The van der Waals surface area contributed by atoms with Crippen LogP contribution in [-0.4, -0.2) is 6.29 Å². The summed E-state index contributed by atoms with van der Waals surface area (Å²) in [5, 5.41) is 0. The molecule has 1 aliphatic rings. The van der Waals surface area contributed by atoms with E-state index in [0.29, 0.717) is 18.3 Å². The number of aryl methyl sites for hydroxylation is 1. The Hall–Kier alpha value is -1.18. The van der Waals surface area contributed by atoms with Gasteiger partial charge in [-0.05, 0) is 54.4 Å². The molecule has 1 aromatic carbocycles. The minimum absolute atomic E-state index is 0.151. The second-order valence-electron chi connectivity index (χ2n) is 4.72. The number of hydrogen-bond donors (Lipinski definition) is 0. The van der Waals surface area contributed by atoms with Crippen molar-refractivity contribution in [1.82, 2.24) is 0 Å². The summed E-state index contributed by atoms with van der Waals surface area (Å²) < 4.78 is 13.1. The topological polar surface area (TPSA) is 17.1 Å². The SMILES string of the molecule is CC(CC=O)C1CCCc2cc(F)ccc21. The van der Waals surface area contributed by atoms with Gasteiger partial charge in [-0.1, -0.05) is 13.0 Å². The van der Waals surface area contributed by atoms with Crippen molar-refractivity contribution < 1.29 is 9.18 Å². The monoisotopic (exact) mass is 220 g/mol. The Kier molecular flexibility index (Phi) is 3.37. The molecule has 0 fully saturated rings. The van der Waals surface area contributed by atoms with E-state index in [0.717, 1.165) is 31.1 Å². The van der Waals surface area contributed by atoms with Crippen LogP contribution >= 0.6 is 0 Å². The molecule has 0 heterocycles. The van der Waals surface area contributed by atoms with Gasteiger partial charge in [0.25, 0.3) is 0 Å². The maximum atomic E-state index is 13.1. The molecule has 0 radical (unpaired) electrons. The predicted octanol–water partition coefficient (Wildman–Crippen LogP) is 3.47. The average Bonchev–Trinajstić information content (AvgIpc) is 2.28. The largest absolute Gasteiger partial charge is 0.303 e. The first-order chi connectivity index (χ1) is 7.72. The lowest BCUT2D eigenvalue weighted by molar-refractivity contribution is -0.108. The van der Waals surface area contributed by atoms with Crippen LogP contribution in [0.2, 0.25) is 0 Å². The minimum Gasteiger partial charge on any atom is -0.303 e. The van der Waals surface area contributed by atoms with Crippen LogP contribution in [0.4, 0.5) is 4.39 Å². The summed E-state index contributed by atoms with van der Waals surface area (Å²) in [6, 6.07) is 5.08. The lowest BCUT2D eigenvalue weighted by Crippen LogP contribution is -2.17. The second-order valence-corrected chi connectivity index (χ2v) is 4.72. The fourth-order valence-corrected chi connectivity index (χ4v) is 2.73. The van der Waals surface area contributed by atoms with Crippen molar-refractivity contribution in [3.8, 4) is 0 Å². The maximum absolute atomic E-state index is 13.1. The van der Waals surface area contributed by atoms with Crippen LogP contribution in [0.15, 0.2) is 18.2 Å². The summed E-state index contributed by atoms with van der Waals surface area (Å²) in [4.78, 5) is 10.6. The third-order valence-electron chi connectivity index (χ3n) is 3.62. The first-order valence-electron chi connectivity index (χ1n) is 5.94. The first kappa shape index (κ1) is 11.3. The van der Waals surface area contributed by atoms with Gasteiger partial charge in [-0.3, -0.25) is 0 Å². The van der Waals surface area contributed by atoms with E-state index in [9.17, 15) is 9.18 Å². The molecular formula is C14H17FO. The normalized spacial score (nSPS) is 21.2. The van der Waals surface area contributed by atoms with Gasteiger partial charge >= 0.3 is 0 Å². The Morgan fingerprint density at radius 3 is 3.12 bits per heavy atom. The standard InChI is InChI=1S/C14H17FO/c1-10(7-8-16)13-4-2-3-11-9-12(15)5-6-14(11)13/h5-6,8-10,13H,2-4,7H2,1H3. The third kappa shape index (κ3) is 2.16. The molecular weight excluding hydrogens is 203 g/mol. The number of rotatable bonds is 3. The molecule has 0 aliphatic heterocycles. The van der Waals surface area contributed by atoms with Crippen molar-refractivity contribution in [3.05, 3.63) is 35.1 Å². The summed E-state index contributed by atoms with van der Waals surface area (Å²) in [5.41, 5.74) is 2.39. The highest BCUT2D eigenvalue weighted by molar-refractivity contribution is 5.50. The van der Waals surface area contributed by atoms with Gasteiger partial charge < -0.3 is 4.79 Å². The number of carbonyl (C=O) groups excluding carboxylic acids is 1. The Bertz CT molecular complexity index is 386. The van der Waals surface area contributed by atoms with Crippen LogP contribution in [-0.2, 0) is 11.2 Å². The molecule has 16 heavy (non-hydrogen) atoms. The van der Waals surface area contributed by atoms with Crippen molar-refractivity contribution in [1.29, 1.82) is 0 Å². The Morgan fingerprint density at radius 1 is 1.56 bits per heavy atom. The lowest BCUT2D eigenvalue weighted by Gasteiger charge is -2.29. The van der Waals surface area contributed by atoms with Gasteiger partial charge in [-0.2, -0.15) is 0 Å². The number of hydrogen-bond acceptors (Lipinski definition) is 1. The van der Waals surface area contributed by atoms with Gasteiger partial charge in [0.15, 0.2) is 0 Å². The summed E-state index contributed by atoms with van der Waals surface area (Å²) >= 11 is 0. The van der Waals surface area contributed by atoms with Crippen LogP contribution in [0.3, 0.4) is 0 Å². The van der Waals surface area contributed by atoms with Crippen LogP contribution in [0.5, 0.6) is 0 Å². The van der Waals surface area contributed by atoms with Crippen LogP contribution in [0.25, 0.3) is 0 Å². The Morgan fingerprint density at radius 2 is 2.38 bits per heavy atom. The molecule has 0 amide bonds. The van der Waals surface area contributed by atoms with E-state index >= 15 is 0 Å². The van der Waals surface area contributed by atoms with Crippen LogP contribution in [0, 0.1) is 11.7 Å². The number of fused-ring (bicyclic) bond motifs is 1. The predicted molar refractivity (Wildman–Crippen MR) is 61.9 cm³/mol. The Labute approximate surface area is 95.7 Å². The lowest BCUT2D eigenvalue weighted by atomic mass is 9.75. The van der Waals surface area contributed by atoms with E-state index in [4.69, 9.17) is 0 Å². The molecule has 0 aromatic heterocycles. The molecule has 0 bridgehead atoms. The zero-order valence-corrected chi connectivity index (χ0v) is 9.58. The highest BCUT2D eigenvalue weighted by atomic mass is 19.1. The summed E-state index contributed by atoms with van der Waals surface area (Å²) in [6.45, 7) is 2.11. The molecule has 1 aliphatic carbocycles. The van der Waals surface area contributed by atoms with Crippen LogP contribution < -0.4 is 0 Å². The highest BCUT2D eigenvalue weighted by Gasteiger charge is 2.24. The molecule has 2 heteroatoms. The van der Waals surface area contributed by atoms with Crippen molar-refractivity contribution in [2.75, 3.05) is 0 Å². The van der Waals surface area contributed by atoms with Crippen LogP contribution in [0.1, 0.15) is 43.2 Å². The molecule has 0 saturated carbocycles. The van der Waals surface area contributed by atoms with E-state index in [1.807, 2.05) is 6.07 Å². The molecule has 2 rings (SSSR count). The van der Waals surface area contributed by atoms with Crippen molar-refractivity contribution in [3.63, 3.8) is 0 Å². The molecule has 1 nitrogen and oxygen atoms in total. The molecule has 2 unspecified atom stereocenters. The fourth-order valence-electron chi connectivity index (χ4n) is 2.73. The molecule has 2 atom stereocenters. The van der Waals surface area contributed by atoms with Gasteiger partial charge in [0, 0.05) is 6.42 Å². The van der Waals surface area contributed by atoms with Crippen molar-refractivity contribution in [2.24, 2.45) is 5.92 Å². The maximum Gasteiger partial charge on any atom is 0.123 e. The van der Waals surface area contributed by atoms with Gasteiger partial charge in [0.05, 0.1) is 0 Å². The third-order valence-corrected chi connectivity index (χ3v) is 3.62. The van der Waals surface area contributed by atoms with Gasteiger partial charge in [-0.15, -0.1) is 0 Å². The molecule has 0 N–H and O–H groups in total. The highest BCUT2D eigenvalue weighted by Crippen LogP contribution is 2.37. The zero-order valence-electron chi connectivity index (χ0n) is 9.58. The van der Waals surface area contributed by atoms with Gasteiger partial charge in [-0.25, -0.2) is 4.39 Å². The average molecular weight is 220 g/mol. The number of benzene rings is 1. The van der Waals surface area contributed by atoms with Gasteiger partial charge in [0.2, 0.25) is 0 Å². The van der Waals surface area contributed by atoms with E-state index in [1.165, 1.54) is 11.6 Å². The quantitative estimate of drug-likeness (QED) is 0.713. The summed E-state index contributed by atoms with van der Waals surface area (Å²) in [5.74, 6) is 0.638. The fraction of sp³-hybridized carbons (Fsp3) is 0.500. The Balaban J connectivity index is 2.29. The first-order valence-corrected chi connectivity index (χ1v) is 5.94. The number of carbonyl (C=O) groups is 1. The number of halogens is 1. The van der Waals surface area contributed by atoms with Crippen molar-refractivity contribution in [2.45, 2.75) is 38.5 Å². The molecule has 0 saturated heterocycles. The summed E-state index contributed by atoms with van der Waals surface area (Å²) in [6.07, 6.45) is 4.78. The second kappa shape index (κ2) is 4.77. The summed E-state index contributed by atoms with van der Waals surface area (Å²) in [7, 11) is 0.